The number of nitrogens with zero attached hydrogens (tertiary/aromatic N) is 1. The van der Waals surface area contributed by atoms with Crippen LogP contribution < -0.4 is 9.47 Å². The minimum absolute atomic E-state index is 0.0258. The molecule has 142 valence electrons. The number of nitro benzene ring substituents is 1. The van der Waals surface area contributed by atoms with Gasteiger partial charge in [0.1, 0.15) is 0 Å². The van der Waals surface area contributed by atoms with Crippen molar-refractivity contribution >= 4 is 32.1 Å². The van der Waals surface area contributed by atoms with Crippen molar-refractivity contribution in [3.05, 3.63) is 33.4 Å². The molecule has 1 aromatic rings. The third-order valence-corrected chi connectivity index (χ3v) is 4.51. The monoisotopic (exact) mass is 431 g/mol. The van der Waals surface area contributed by atoms with E-state index in [-0.39, 0.29) is 46.9 Å². The second-order valence-electron chi connectivity index (χ2n) is 5.10. The van der Waals surface area contributed by atoms with Crippen LogP contribution in [0.4, 0.5) is 5.69 Å². The second-order valence-corrected chi connectivity index (χ2v) is 5.89. The van der Waals surface area contributed by atoms with Crippen LogP contribution in [0.25, 0.3) is 4.48 Å². The molecule has 0 atom stereocenters. The molecule has 1 aliphatic heterocycles. The summed E-state index contributed by atoms with van der Waals surface area (Å²) in [5.41, 5.74) is 0.0603. The number of methoxy groups -OCH3 is 2. The number of nitro groups is 1. The van der Waals surface area contributed by atoms with E-state index in [4.69, 9.17) is 23.7 Å². The molecule has 0 fully saturated rings. The van der Waals surface area contributed by atoms with Crippen molar-refractivity contribution in [2.24, 2.45) is 0 Å². The topological polar surface area (TPSA) is 106 Å². The Morgan fingerprint density at radius 2 is 1.92 bits per heavy atom. The molecule has 0 radical (unpaired) electrons. The van der Waals surface area contributed by atoms with E-state index in [0.717, 1.165) is 0 Å². The fraction of sp³-hybridized carbons (Fsp3) is 0.438. The summed E-state index contributed by atoms with van der Waals surface area (Å²) in [5.74, 6) is -0.0173. The Balaban J connectivity index is 2.59. The number of halogens is 1. The summed E-state index contributed by atoms with van der Waals surface area (Å²) in [5, 5.41) is 11.5. The van der Waals surface area contributed by atoms with Gasteiger partial charge in [-0.1, -0.05) is 0 Å². The molecule has 9 nitrogen and oxygen atoms in total. The first-order valence-corrected chi connectivity index (χ1v) is 8.41. The van der Waals surface area contributed by atoms with Crippen molar-refractivity contribution in [2.45, 2.75) is 19.6 Å². The quantitative estimate of drug-likeness (QED) is 0.203. The number of hydrogen-bond donors (Lipinski definition) is 0. The maximum absolute atomic E-state index is 12.4. The van der Waals surface area contributed by atoms with Gasteiger partial charge in [0.15, 0.2) is 17.8 Å². The zero-order valence-electron chi connectivity index (χ0n) is 14.4. The molecule has 1 aromatic carbocycles. The van der Waals surface area contributed by atoms with Crippen molar-refractivity contribution in [2.75, 3.05) is 27.6 Å². The summed E-state index contributed by atoms with van der Waals surface area (Å²) in [6, 6.07) is 2.70. The fourth-order valence-corrected chi connectivity index (χ4v) is 2.97. The summed E-state index contributed by atoms with van der Waals surface area (Å²) < 4.78 is 26.0. The summed E-state index contributed by atoms with van der Waals surface area (Å²) in [6.45, 7) is 1.78. The second kappa shape index (κ2) is 8.97. The van der Waals surface area contributed by atoms with Crippen molar-refractivity contribution in [1.82, 2.24) is 0 Å². The molecule has 0 saturated carbocycles. The highest BCUT2D eigenvalue weighted by Gasteiger charge is 2.29. The fourth-order valence-electron chi connectivity index (χ4n) is 2.33. The van der Waals surface area contributed by atoms with Gasteiger partial charge in [-0.15, -0.1) is 0 Å². The molecule has 2 rings (SSSR count). The highest BCUT2D eigenvalue weighted by atomic mass is 79.9. The third kappa shape index (κ3) is 4.32. The molecular formula is C16H18BrNO8. The molecular weight excluding hydrogens is 414 g/mol. The molecule has 1 heterocycles. The lowest BCUT2D eigenvalue weighted by molar-refractivity contribution is -0.385. The lowest BCUT2D eigenvalue weighted by atomic mass is 10.1. The van der Waals surface area contributed by atoms with Crippen LogP contribution in [0, 0.1) is 10.1 Å². The normalized spacial score (nSPS) is 13.6. The minimum atomic E-state index is -0.727. The summed E-state index contributed by atoms with van der Waals surface area (Å²) in [6.07, 6.45) is -0.701. The first-order valence-electron chi connectivity index (χ1n) is 7.62. The standard InChI is InChI=1S/C16H18BrNO8/c1-4-24-16(19)10(6-14(22-2)23-3)15(17)9-5-12-13(26-8-25-12)7-11(9)18(20)21/h5,7,14H,4,6,8H2,1-3H3/b15-10+. The average Bonchev–Trinajstić information content (AvgIpc) is 3.08. The Bertz CT molecular complexity index is 729. The van der Waals surface area contributed by atoms with Gasteiger partial charge < -0.3 is 23.7 Å². The Morgan fingerprint density at radius 1 is 1.31 bits per heavy atom. The smallest absolute Gasteiger partial charge is 0.335 e. The van der Waals surface area contributed by atoms with E-state index in [1.807, 2.05) is 0 Å². The third-order valence-electron chi connectivity index (χ3n) is 3.61. The molecule has 0 unspecified atom stereocenters. The molecule has 10 heteroatoms. The van der Waals surface area contributed by atoms with Crippen LogP contribution in [0.5, 0.6) is 11.5 Å². The van der Waals surface area contributed by atoms with Gasteiger partial charge in [-0.25, -0.2) is 4.79 Å². The first kappa shape index (κ1) is 20.1. The van der Waals surface area contributed by atoms with Gasteiger partial charge in [0, 0.05) is 25.1 Å². The molecule has 0 bridgehead atoms. The van der Waals surface area contributed by atoms with E-state index in [9.17, 15) is 14.9 Å². The van der Waals surface area contributed by atoms with E-state index in [0.29, 0.717) is 5.75 Å². The maximum Gasteiger partial charge on any atom is 0.335 e. The average molecular weight is 432 g/mol. The molecule has 0 aliphatic carbocycles. The first-order chi connectivity index (χ1) is 12.4. The largest absolute Gasteiger partial charge is 0.463 e. The van der Waals surface area contributed by atoms with Crippen molar-refractivity contribution < 1.29 is 33.4 Å². The van der Waals surface area contributed by atoms with Crippen LogP contribution in [0.1, 0.15) is 18.9 Å². The summed E-state index contributed by atoms with van der Waals surface area (Å²) in [4.78, 5) is 23.3. The summed E-state index contributed by atoms with van der Waals surface area (Å²) >= 11 is 3.30. The summed E-state index contributed by atoms with van der Waals surface area (Å²) in [7, 11) is 2.85. The Labute approximate surface area is 158 Å². The number of esters is 1. The molecule has 0 amide bonds. The van der Waals surface area contributed by atoms with E-state index in [1.165, 1.54) is 26.4 Å². The van der Waals surface area contributed by atoms with Gasteiger partial charge in [0.05, 0.1) is 28.7 Å². The van der Waals surface area contributed by atoms with Crippen LogP contribution in [0.3, 0.4) is 0 Å². The number of carbonyl (C=O) groups is 1. The van der Waals surface area contributed by atoms with E-state index >= 15 is 0 Å². The van der Waals surface area contributed by atoms with Crippen LogP contribution in [-0.4, -0.2) is 44.8 Å². The highest BCUT2D eigenvalue weighted by molar-refractivity contribution is 9.15. The van der Waals surface area contributed by atoms with E-state index in [2.05, 4.69) is 15.9 Å². The molecule has 0 spiro atoms. The predicted molar refractivity (Wildman–Crippen MR) is 94.1 cm³/mol. The molecule has 0 aromatic heterocycles. The van der Waals surface area contributed by atoms with Gasteiger partial charge in [0.25, 0.3) is 5.69 Å². The number of hydrogen-bond acceptors (Lipinski definition) is 8. The van der Waals surface area contributed by atoms with Crippen molar-refractivity contribution in [3.63, 3.8) is 0 Å². The van der Waals surface area contributed by atoms with Crippen LogP contribution in [-0.2, 0) is 19.0 Å². The zero-order valence-corrected chi connectivity index (χ0v) is 16.0. The van der Waals surface area contributed by atoms with Gasteiger partial charge in [-0.05, 0) is 28.9 Å². The van der Waals surface area contributed by atoms with E-state index in [1.54, 1.807) is 6.92 Å². The van der Waals surface area contributed by atoms with Crippen molar-refractivity contribution in [3.8, 4) is 11.5 Å². The van der Waals surface area contributed by atoms with Crippen LogP contribution >= 0.6 is 15.9 Å². The SMILES string of the molecule is CCOC(=O)/C(CC(OC)OC)=C(/Br)c1cc2c(cc1[N+](=O)[O-])OCO2. The van der Waals surface area contributed by atoms with Crippen LogP contribution in [0.15, 0.2) is 17.7 Å². The van der Waals surface area contributed by atoms with Crippen LogP contribution in [0.2, 0.25) is 0 Å². The Morgan fingerprint density at radius 3 is 2.46 bits per heavy atom. The number of fused-ring (bicyclic) bond motifs is 1. The molecule has 1 aliphatic rings. The zero-order chi connectivity index (χ0) is 19.3. The predicted octanol–water partition coefficient (Wildman–Crippen LogP) is 3.00. The van der Waals surface area contributed by atoms with Crippen molar-refractivity contribution in [1.29, 1.82) is 0 Å². The van der Waals surface area contributed by atoms with Gasteiger partial charge in [-0.2, -0.15) is 0 Å². The lowest BCUT2D eigenvalue weighted by Gasteiger charge is -2.17. The number of benzene rings is 1. The molecule has 26 heavy (non-hydrogen) atoms. The number of ether oxygens (including phenoxy) is 5. The minimum Gasteiger partial charge on any atom is -0.463 e. The lowest BCUT2D eigenvalue weighted by Crippen LogP contribution is -2.19. The van der Waals surface area contributed by atoms with Gasteiger partial charge in [-0.3, -0.25) is 10.1 Å². The Hall–Kier alpha value is -2.17. The van der Waals surface area contributed by atoms with E-state index < -0.39 is 17.2 Å². The number of carbonyl (C=O) groups excluding carboxylic acids is 1. The Kier molecular flexibility index (Phi) is 6.95. The number of rotatable bonds is 8. The maximum atomic E-state index is 12.4. The van der Waals surface area contributed by atoms with Gasteiger partial charge in [0.2, 0.25) is 6.79 Å². The molecule has 0 saturated heterocycles. The van der Waals surface area contributed by atoms with Gasteiger partial charge >= 0.3 is 5.97 Å². The highest BCUT2D eigenvalue weighted by Crippen LogP contribution is 2.43. The molecule has 0 N–H and O–H groups in total.